The molecule has 0 aliphatic rings. The molecule has 0 bridgehead atoms. The van der Waals surface area contributed by atoms with Crippen LogP contribution in [0.25, 0.3) is 0 Å². The van der Waals surface area contributed by atoms with Gasteiger partial charge in [-0.2, -0.15) is 11.1 Å². The Morgan fingerprint density at radius 1 is 1.21 bits per heavy atom. The summed E-state index contributed by atoms with van der Waals surface area (Å²) < 4.78 is 0. The maximum absolute atomic E-state index is 6.43. The standard InChI is InChI=1S/C12H19ClSi/c1-5-11-6-8-12(9-7-11)10(2)14(3,4)13/h6-10H,5H2,1-4H3. The number of halogens is 1. The second-order valence-corrected chi connectivity index (χ2v) is 11.3. The summed E-state index contributed by atoms with van der Waals surface area (Å²) in [5.74, 6) is 0. The average molecular weight is 227 g/mol. The summed E-state index contributed by atoms with van der Waals surface area (Å²) in [7, 11) is -1.56. The third-order valence-electron chi connectivity index (χ3n) is 2.92. The first-order valence-electron chi connectivity index (χ1n) is 5.23. The van der Waals surface area contributed by atoms with Gasteiger partial charge in [-0.25, -0.2) is 0 Å². The molecular formula is C12H19ClSi. The van der Waals surface area contributed by atoms with Gasteiger partial charge in [-0.15, -0.1) is 0 Å². The lowest BCUT2D eigenvalue weighted by atomic mass is 10.1. The molecule has 0 radical (unpaired) electrons. The molecule has 1 rings (SSSR count). The van der Waals surface area contributed by atoms with Crippen molar-refractivity contribution in [3.05, 3.63) is 35.4 Å². The fraction of sp³-hybridized carbons (Fsp3) is 0.500. The Hall–Kier alpha value is -0.273. The Morgan fingerprint density at radius 3 is 2.07 bits per heavy atom. The van der Waals surface area contributed by atoms with Crippen LogP contribution in [0.4, 0.5) is 0 Å². The van der Waals surface area contributed by atoms with E-state index < -0.39 is 7.38 Å². The number of hydrogen-bond acceptors (Lipinski definition) is 0. The zero-order valence-corrected chi connectivity index (χ0v) is 11.2. The molecule has 0 nitrogen and oxygen atoms in total. The van der Waals surface area contributed by atoms with Crippen LogP contribution in [0.15, 0.2) is 24.3 Å². The molecule has 0 fully saturated rings. The van der Waals surface area contributed by atoms with Gasteiger partial charge in [-0.05, 0) is 23.1 Å². The molecule has 0 aliphatic heterocycles. The van der Waals surface area contributed by atoms with Crippen molar-refractivity contribution < 1.29 is 0 Å². The van der Waals surface area contributed by atoms with Gasteiger partial charge in [0.15, 0.2) is 7.38 Å². The lowest BCUT2D eigenvalue weighted by Gasteiger charge is -2.22. The minimum Gasteiger partial charge on any atom is -0.167 e. The molecule has 1 aromatic carbocycles. The van der Waals surface area contributed by atoms with E-state index >= 15 is 0 Å². The SMILES string of the molecule is CCc1ccc(C(C)[Si](C)(C)Cl)cc1. The summed E-state index contributed by atoms with van der Waals surface area (Å²) in [5.41, 5.74) is 3.30. The van der Waals surface area contributed by atoms with E-state index in [4.69, 9.17) is 11.1 Å². The fourth-order valence-electron chi connectivity index (χ4n) is 1.44. The zero-order chi connectivity index (χ0) is 10.8. The van der Waals surface area contributed by atoms with Crippen LogP contribution in [-0.4, -0.2) is 7.38 Å². The molecule has 2 heteroatoms. The van der Waals surface area contributed by atoms with Crippen LogP contribution in [0, 0.1) is 0 Å². The van der Waals surface area contributed by atoms with Crippen molar-refractivity contribution in [3.8, 4) is 0 Å². The van der Waals surface area contributed by atoms with Gasteiger partial charge in [0.05, 0.1) is 0 Å². The van der Waals surface area contributed by atoms with Crippen molar-refractivity contribution in [1.29, 1.82) is 0 Å². The van der Waals surface area contributed by atoms with Gasteiger partial charge in [0.2, 0.25) is 0 Å². The molecule has 0 aliphatic carbocycles. The summed E-state index contributed by atoms with van der Waals surface area (Å²) >= 11 is 6.43. The molecule has 78 valence electrons. The molecule has 0 aromatic heterocycles. The lowest BCUT2D eigenvalue weighted by Crippen LogP contribution is -2.25. The van der Waals surface area contributed by atoms with Gasteiger partial charge in [-0.3, -0.25) is 0 Å². The van der Waals surface area contributed by atoms with Crippen LogP contribution in [0.1, 0.15) is 30.5 Å². The molecule has 14 heavy (non-hydrogen) atoms. The van der Waals surface area contributed by atoms with Crippen molar-refractivity contribution >= 4 is 18.5 Å². The summed E-state index contributed by atoms with van der Waals surface area (Å²) in [6.07, 6.45) is 1.11. The molecule has 0 saturated carbocycles. The molecule has 1 atom stereocenters. The smallest absolute Gasteiger partial charge is 0.157 e. The van der Waals surface area contributed by atoms with Crippen molar-refractivity contribution in [2.75, 3.05) is 0 Å². The molecule has 0 heterocycles. The van der Waals surface area contributed by atoms with Gasteiger partial charge in [0.1, 0.15) is 0 Å². The number of rotatable bonds is 3. The first kappa shape index (κ1) is 11.8. The van der Waals surface area contributed by atoms with Crippen LogP contribution in [0.3, 0.4) is 0 Å². The maximum Gasteiger partial charge on any atom is 0.157 e. The molecular weight excluding hydrogens is 208 g/mol. The number of aryl methyl sites for hydroxylation is 1. The monoisotopic (exact) mass is 226 g/mol. The fourth-order valence-corrected chi connectivity index (χ4v) is 2.80. The molecule has 0 saturated heterocycles. The van der Waals surface area contributed by atoms with E-state index in [0.29, 0.717) is 5.54 Å². The lowest BCUT2D eigenvalue weighted by molar-refractivity contribution is 1.03. The quantitative estimate of drug-likeness (QED) is 0.532. The third-order valence-corrected chi connectivity index (χ3v) is 6.29. The highest BCUT2D eigenvalue weighted by Crippen LogP contribution is 2.29. The van der Waals surface area contributed by atoms with E-state index in [9.17, 15) is 0 Å². The molecule has 1 unspecified atom stereocenters. The third kappa shape index (κ3) is 2.86. The minimum atomic E-state index is -1.56. The highest BCUT2D eigenvalue weighted by Gasteiger charge is 2.26. The second kappa shape index (κ2) is 4.50. The van der Waals surface area contributed by atoms with Crippen LogP contribution in [0.5, 0.6) is 0 Å². The maximum atomic E-state index is 6.43. The van der Waals surface area contributed by atoms with E-state index in [-0.39, 0.29) is 0 Å². The van der Waals surface area contributed by atoms with Gasteiger partial charge in [-0.1, -0.05) is 51.2 Å². The largest absolute Gasteiger partial charge is 0.167 e. The van der Waals surface area contributed by atoms with E-state index in [1.54, 1.807) is 0 Å². The predicted octanol–water partition coefficient (Wildman–Crippen LogP) is 4.34. The molecule has 0 spiro atoms. The second-order valence-electron chi connectivity index (χ2n) is 4.38. The number of hydrogen-bond donors (Lipinski definition) is 0. The Bertz CT molecular complexity index is 284. The molecule has 0 amide bonds. The molecule has 0 N–H and O–H groups in total. The van der Waals surface area contributed by atoms with E-state index in [1.807, 2.05) is 0 Å². The summed E-state index contributed by atoms with van der Waals surface area (Å²) in [6.45, 7) is 8.82. The van der Waals surface area contributed by atoms with Crippen molar-refractivity contribution in [2.45, 2.75) is 38.9 Å². The van der Waals surface area contributed by atoms with E-state index in [0.717, 1.165) is 6.42 Å². The first-order chi connectivity index (χ1) is 6.45. The predicted molar refractivity (Wildman–Crippen MR) is 67.6 cm³/mol. The van der Waals surface area contributed by atoms with Gasteiger partial charge >= 0.3 is 0 Å². The van der Waals surface area contributed by atoms with Gasteiger partial charge in [0.25, 0.3) is 0 Å². The topological polar surface area (TPSA) is 0 Å². The zero-order valence-electron chi connectivity index (χ0n) is 9.47. The van der Waals surface area contributed by atoms with Crippen LogP contribution >= 0.6 is 11.1 Å². The Labute approximate surface area is 93.0 Å². The first-order valence-corrected chi connectivity index (χ1v) is 9.31. The van der Waals surface area contributed by atoms with Crippen LogP contribution < -0.4 is 0 Å². The number of benzene rings is 1. The van der Waals surface area contributed by atoms with E-state index in [2.05, 4.69) is 51.2 Å². The average Bonchev–Trinajstić information content (AvgIpc) is 2.15. The van der Waals surface area contributed by atoms with Crippen molar-refractivity contribution in [3.63, 3.8) is 0 Å². The van der Waals surface area contributed by atoms with Gasteiger partial charge < -0.3 is 0 Å². The summed E-state index contributed by atoms with van der Waals surface area (Å²) in [6, 6.07) is 8.87. The van der Waals surface area contributed by atoms with Crippen molar-refractivity contribution in [2.24, 2.45) is 0 Å². The Kier molecular flexibility index (Phi) is 3.79. The highest BCUT2D eigenvalue weighted by molar-refractivity contribution is 7.19. The summed E-state index contributed by atoms with van der Waals surface area (Å²) in [5, 5.41) is 0. The van der Waals surface area contributed by atoms with Crippen molar-refractivity contribution in [1.82, 2.24) is 0 Å². The van der Waals surface area contributed by atoms with E-state index in [1.165, 1.54) is 11.1 Å². The highest BCUT2D eigenvalue weighted by atomic mass is 35.6. The Balaban J connectivity index is 2.87. The minimum absolute atomic E-state index is 0.523. The van der Waals surface area contributed by atoms with Crippen LogP contribution in [-0.2, 0) is 6.42 Å². The summed E-state index contributed by atoms with van der Waals surface area (Å²) in [4.78, 5) is 0. The van der Waals surface area contributed by atoms with Gasteiger partial charge in [0, 0.05) is 0 Å². The Morgan fingerprint density at radius 2 is 1.71 bits per heavy atom. The normalized spacial score (nSPS) is 14.1. The molecule has 1 aromatic rings. The van der Waals surface area contributed by atoms with Crippen LogP contribution in [0.2, 0.25) is 13.1 Å².